The Labute approximate surface area is 227 Å². The summed E-state index contributed by atoms with van der Waals surface area (Å²) in [5.41, 5.74) is 4.88. The maximum absolute atomic E-state index is 12.7. The smallest absolute Gasteiger partial charge is 0.245 e. The van der Waals surface area contributed by atoms with Gasteiger partial charge in [0, 0.05) is 29.2 Å². The molecule has 4 rings (SSSR count). The number of halogens is 1. The van der Waals surface area contributed by atoms with Crippen LogP contribution in [-0.2, 0) is 16.2 Å². The Morgan fingerprint density at radius 3 is 2.53 bits per heavy atom. The zero-order chi connectivity index (χ0) is 26.9. The summed E-state index contributed by atoms with van der Waals surface area (Å²) in [5, 5.41) is 4.73. The standard InChI is InChI=1S/C29H30ClN3O5/c1-3-36-24-12-10-23(11-13-24)33-18-22(16-28(33)34)29(35)32-31-17-20-9-14-26(27(15-20)37-4-2)38-19-21-7-5-6-8-25(21)30/h5-15,17,22H,3-4,16,18-19H2,1-2H3,(H,32,35)/b31-17-/t22-/m1/s1. The van der Waals surface area contributed by atoms with Gasteiger partial charge in [0.1, 0.15) is 12.4 Å². The largest absolute Gasteiger partial charge is 0.494 e. The highest BCUT2D eigenvalue weighted by Crippen LogP contribution is 2.30. The van der Waals surface area contributed by atoms with Gasteiger partial charge < -0.3 is 19.1 Å². The lowest BCUT2D eigenvalue weighted by atomic mass is 10.1. The van der Waals surface area contributed by atoms with Crippen molar-refractivity contribution in [1.29, 1.82) is 0 Å². The molecule has 1 fully saturated rings. The van der Waals surface area contributed by atoms with Crippen molar-refractivity contribution >= 4 is 35.3 Å². The lowest BCUT2D eigenvalue weighted by Gasteiger charge is -2.17. The molecule has 1 atom stereocenters. The highest BCUT2D eigenvalue weighted by Gasteiger charge is 2.35. The number of benzene rings is 3. The maximum Gasteiger partial charge on any atom is 0.245 e. The van der Waals surface area contributed by atoms with Crippen molar-refractivity contribution in [3.05, 3.63) is 82.9 Å². The van der Waals surface area contributed by atoms with Crippen molar-refractivity contribution in [1.82, 2.24) is 5.43 Å². The Bertz CT molecular complexity index is 1300. The first-order valence-electron chi connectivity index (χ1n) is 12.5. The molecule has 0 aliphatic carbocycles. The zero-order valence-corrected chi connectivity index (χ0v) is 22.1. The minimum atomic E-state index is -0.495. The number of amides is 2. The van der Waals surface area contributed by atoms with Crippen LogP contribution in [0.15, 0.2) is 71.8 Å². The fourth-order valence-corrected chi connectivity index (χ4v) is 4.24. The predicted octanol–water partition coefficient (Wildman–Crippen LogP) is 5.22. The highest BCUT2D eigenvalue weighted by atomic mass is 35.5. The number of ether oxygens (including phenoxy) is 3. The second-order valence-electron chi connectivity index (χ2n) is 8.59. The van der Waals surface area contributed by atoms with E-state index in [1.54, 1.807) is 17.0 Å². The van der Waals surface area contributed by atoms with Crippen molar-refractivity contribution in [3.8, 4) is 17.2 Å². The molecule has 38 heavy (non-hydrogen) atoms. The van der Waals surface area contributed by atoms with Crippen LogP contribution >= 0.6 is 11.6 Å². The van der Waals surface area contributed by atoms with Crippen LogP contribution in [0.2, 0.25) is 5.02 Å². The highest BCUT2D eigenvalue weighted by molar-refractivity contribution is 6.31. The Kier molecular flexibility index (Phi) is 9.21. The monoisotopic (exact) mass is 535 g/mol. The van der Waals surface area contributed by atoms with Gasteiger partial charge in [0.25, 0.3) is 0 Å². The van der Waals surface area contributed by atoms with E-state index in [4.69, 9.17) is 25.8 Å². The lowest BCUT2D eigenvalue weighted by molar-refractivity contribution is -0.126. The second-order valence-corrected chi connectivity index (χ2v) is 8.99. The van der Waals surface area contributed by atoms with Crippen molar-refractivity contribution < 1.29 is 23.8 Å². The average molecular weight is 536 g/mol. The molecule has 0 aromatic heterocycles. The molecule has 1 aliphatic heterocycles. The van der Waals surface area contributed by atoms with Crippen LogP contribution in [0.4, 0.5) is 5.69 Å². The van der Waals surface area contributed by atoms with Gasteiger partial charge in [0.05, 0.1) is 25.3 Å². The number of carbonyl (C=O) groups is 2. The minimum absolute atomic E-state index is 0.105. The van der Waals surface area contributed by atoms with E-state index in [0.717, 1.165) is 22.6 Å². The number of hydrazone groups is 1. The van der Waals surface area contributed by atoms with Crippen LogP contribution in [0.5, 0.6) is 17.2 Å². The Morgan fingerprint density at radius 2 is 1.79 bits per heavy atom. The fourth-order valence-electron chi connectivity index (χ4n) is 4.05. The van der Waals surface area contributed by atoms with E-state index >= 15 is 0 Å². The molecule has 1 heterocycles. The molecule has 1 N–H and O–H groups in total. The molecule has 198 valence electrons. The van der Waals surface area contributed by atoms with E-state index < -0.39 is 5.92 Å². The van der Waals surface area contributed by atoms with E-state index in [1.165, 1.54) is 6.21 Å². The molecule has 0 radical (unpaired) electrons. The van der Waals surface area contributed by atoms with E-state index in [9.17, 15) is 9.59 Å². The molecular weight excluding hydrogens is 506 g/mol. The maximum atomic E-state index is 12.7. The van der Waals surface area contributed by atoms with Gasteiger partial charge in [0.2, 0.25) is 11.8 Å². The molecule has 3 aromatic rings. The van der Waals surface area contributed by atoms with E-state index in [1.807, 2.05) is 68.4 Å². The quantitative estimate of drug-likeness (QED) is 0.268. The number of nitrogens with zero attached hydrogens (tertiary/aromatic N) is 2. The summed E-state index contributed by atoms with van der Waals surface area (Å²) >= 11 is 6.22. The number of rotatable bonds is 11. The summed E-state index contributed by atoms with van der Waals surface area (Å²) in [6.45, 7) is 5.42. The molecule has 3 aromatic carbocycles. The Morgan fingerprint density at radius 1 is 1.03 bits per heavy atom. The predicted molar refractivity (Wildman–Crippen MR) is 147 cm³/mol. The van der Waals surface area contributed by atoms with Gasteiger partial charge in [-0.1, -0.05) is 29.8 Å². The molecule has 0 bridgehead atoms. The zero-order valence-electron chi connectivity index (χ0n) is 21.4. The summed E-state index contributed by atoms with van der Waals surface area (Å²) in [4.78, 5) is 26.8. The lowest BCUT2D eigenvalue weighted by Crippen LogP contribution is -2.30. The molecule has 1 aliphatic rings. The van der Waals surface area contributed by atoms with Gasteiger partial charge in [-0.3, -0.25) is 9.59 Å². The number of anilines is 1. The summed E-state index contributed by atoms with van der Waals surface area (Å²) in [5.74, 6) is 0.957. The molecular formula is C29H30ClN3O5. The molecule has 8 nitrogen and oxygen atoms in total. The third kappa shape index (κ3) is 6.83. The van der Waals surface area contributed by atoms with Crippen molar-refractivity contribution in [2.24, 2.45) is 11.0 Å². The van der Waals surface area contributed by atoms with Gasteiger partial charge in [-0.25, -0.2) is 5.43 Å². The van der Waals surface area contributed by atoms with Gasteiger partial charge >= 0.3 is 0 Å². The molecule has 0 unspecified atom stereocenters. The van der Waals surface area contributed by atoms with Crippen molar-refractivity contribution in [3.63, 3.8) is 0 Å². The van der Waals surface area contributed by atoms with Gasteiger partial charge in [-0.2, -0.15) is 5.10 Å². The Balaban J connectivity index is 1.34. The first-order valence-corrected chi connectivity index (χ1v) is 12.9. The van der Waals surface area contributed by atoms with Crippen molar-refractivity contribution in [2.75, 3.05) is 24.7 Å². The third-order valence-electron chi connectivity index (χ3n) is 5.95. The number of hydrogen-bond acceptors (Lipinski definition) is 6. The summed E-state index contributed by atoms with van der Waals surface area (Å²) < 4.78 is 17.1. The second kappa shape index (κ2) is 13.0. The van der Waals surface area contributed by atoms with E-state index in [-0.39, 0.29) is 18.2 Å². The molecule has 0 spiro atoms. The summed E-state index contributed by atoms with van der Waals surface area (Å²) in [6, 6.07) is 20.1. The topological polar surface area (TPSA) is 89.5 Å². The van der Waals surface area contributed by atoms with E-state index in [0.29, 0.717) is 42.9 Å². The van der Waals surface area contributed by atoms with Gasteiger partial charge in [0.15, 0.2) is 11.5 Å². The molecule has 2 amide bonds. The van der Waals surface area contributed by atoms with Crippen LogP contribution in [0, 0.1) is 5.92 Å². The average Bonchev–Trinajstić information content (AvgIpc) is 3.31. The minimum Gasteiger partial charge on any atom is -0.494 e. The first kappa shape index (κ1) is 27.0. The van der Waals surface area contributed by atoms with Gasteiger partial charge in [-0.05, 0) is 67.9 Å². The summed E-state index contributed by atoms with van der Waals surface area (Å²) in [7, 11) is 0. The van der Waals surface area contributed by atoms with Crippen LogP contribution in [0.25, 0.3) is 0 Å². The van der Waals surface area contributed by atoms with Crippen LogP contribution < -0.4 is 24.5 Å². The van der Waals surface area contributed by atoms with Crippen molar-refractivity contribution in [2.45, 2.75) is 26.9 Å². The van der Waals surface area contributed by atoms with Crippen LogP contribution in [0.3, 0.4) is 0 Å². The first-order chi connectivity index (χ1) is 18.5. The molecule has 0 saturated carbocycles. The summed E-state index contributed by atoms with van der Waals surface area (Å²) in [6.07, 6.45) is 1.65. The van der Waals surface area contributed by atoms with Gasteiger partial charge in [-0.15, -0.1) is 0 Å². The SMILES string of the molecule is CCOc1ccc(N2C[C@H](C(=O)N/N=C\c3ccc(OCc4ccccc4Cl)c(OCC)c3)CC2=O)cc1. The molecule has 1 saturated heterocycles. The van der Waals surface area contributed by atoms with Crippen LogP contribution in [-0.4, -0.2) is 37.8 Å². The van der Waals surface area contributed by atoms with Crippen LogP contribution in [0.1, 0.15) is 31.4 Å². The third-order valence-corrected chi connectivity index (χ3v) is 6.32. The number of carbonyl (C=O) groups excluding carboxylic acids is 2. The van der Waals surface area contributed by atoms with E-state index in [2.05, 4.69) is 10.5 Å². The normalized spacial score (nSPS) is 15.1. The fraction of sp³-hybridized carbons (Fsp3) is 0.276. The molecule has 9 heteroatoms. The number of nitrogens with one attached hydrogen (secondary N) is 1. The number of hydrogen-bond donors (Lipinski definition) is 1. The Hall–Kier alpha value is -4.04.